The van der Waals surface area contributed by atoms with E-state index < -0.39 is 10.8 Å². The molecule has 164 valence electrons. The molecule has 2 unspecified atom stereocenters. The van der Waals surface area contributed by atoms with Crippen molar-refractivity contribution < 1.29 is 9.59 Å². The third-order valence-corrected chi connectivity index (χ3v) is 7.08. The summed E-state index contributed by atoms with van der Waals surface area (Å²) in [5.74, 6) is -0.708. The van der Waals surface area contributed by atoms with Gasteiger partial charge in [0.05, 0.1) is 21.9 Å². The number of amides is 1. The fraction of sp³-hybridized carbons (Fsp3) is 0.0833. The lowest BCUT2D eigenvalue weighted by atomic mass is 10.1. The van der Waals surface area contributed by atoms with Gasteiger partial charge in [-0.05, 0) is 23.3 Å². The van der Waals surface area contributed by atoms with E-state index in [1.54, 1.807) is 42.6 Å². The summed E-state index contributed by atoms with van der Waals surface area (Å²) in [6.07, 6.45) is 1.61. The lowest BCUT2D eigenvalue weighted by Crippen LogP contribution is -2.17. The van der Waals surface area contributed by atoms with Crippen LogP contribution in [0.1, 0.15) is 26.7 Å². The number of rotatable bonds is 5. The molecule has 33 heavy (non-hydrogen) atoms. The third kappa shape index (κ3) is 4.11. The number of nitrogens with zero attached hydrogens (tertiary/aromatic N) is 3. The molecule has 0 fully saturated rings. The molecule has 5 rings (SSSR count). The van der Waals surface area contributed by atoms with Crippen molar-refractivity contribution in [3.63, 3.8) is 0 Å². The van der Waals surface area contributed by atoms with E-state index in [0.717, 1.165) is 10.1 Å². The van der Waals surface area contributed by atoms with Gasteiger partial charge in [0.15, 0.2) is 5.13 Å². The average Bonchev–Trinajstić information content (AvgIpc) is 3.47. The summed E-state index contributed by atoms with van der Waals surface area (Å²) in [4.78, 5) is 30.1. The number of nitrogens with one attached hydrogen (secondary N) is 1. The van der Waals surface area contributed by atoms with Crippen molar-refractivity contribution in [3.05, 3.63) is 90.1 Å². The molecule has 0 aliphatic carbocycles. The topological polar surface area (TPSA) is 76.9 Å². The van der Waals surface area contributed by atoms with Crippen LogP contribution in [0.25, 0.3) is 21.1 Å². The zero-order valence-electron chi connectivity index (χ0n) is 17.0. The predicted octanol–water partition coefficient (Wildman–Crippen LogP) is 6.18. The second-order valence-corrected chi connectivity index (χ2v) is 9.17. The number of benzene rings is 3. The van der Waals surface area contributed by atoms with Crippen LogP contribution in [0.2, 0.25) is 0 Å². The lowest BCUT2D eigenvalue weighted by molar-refractivity contribution is -0.116. The minimum absolute atomic E-state index is 0.344. The SMILES string of the molecule is O=C(Nc1nc2ccc3c(cnn3C(=O)C(Cl)c3ccccc3)c2s1)C(Cl)c1ccccc1. The van der Waals surface area contributed by atoms with Crippen molar-refractivity contribution in [2.45, 2.75) is 10.8 Å². The van der Waals surface area contributed by atoms with Gasteiger partial charge in [0.1, 0.15) is 10.8 Å². The number of halogens is 2. The quantitative estimate of drug-likeness (QED) is 0.295. The van der Waals surface area contributed by atoms with Gasteiger partial charge in [-0.3, -0.25) is 9.59 Å². The van der Waals surface area contributed by atoms with Gasteiger partial charge in [0.2, 0.25) is 5.91 Å². The van der Waals surface area contributed by atoms with Gasteiger partial charge in [-0.15, -0.1) is 23.2 Å². The smallest absolute Gasteiger partial charge is 0.269 e. The Kier molecular flexibility index (Phi) is 5.85. The number of fused-ring (bicyclic) bond motifs is 3. The van der Waals surface area contributed by atoms with Crippen LogP contribution in [0, 0.1) is 0 Å². The van der Waals surface area contributed by atoms with E-state index in [0.29, 0.717) is 27.3 Å². The summed E-state index contributed by atoms with van der Waals surface area (Å²) in [5, 5.41) is 6.54. The number of anilines is 1. The number of hydrogen-bond acceptors (Lipinski definition) is 5. The molecule has 9 heteroatoms. The molecule has 0 radical (unpaired) electrons. The number of carbonyl (C=O) groups is 2. The Morgan fingerprint density at radius 3 is 2.18 bits per heavy atom. The molecule has 0 aliphatic rings. The number of alkyl halides is 2. The monoisotopic (exact) mass is 494 g/mol. The van der Waals surface area contributed by atoms with Crippen LogP contribution in [0.3, 0.4) is 0 Å². The second-order valence-electron chi connectivity index (χ2n) is 7.30. The Bertz CT molecular complexity index is 1470. The first-order valence-electron chi connectivity index (χ1n) is 10.0. The molecule has 6 nitrogen and oxygen atoms in total. The van der Waals surface area contributed by atoms with Crippen LogP contribution in [-0.2, 0) is 4.79 Å². The summed E-state index contributed by atoms with van der Waals surface area (Å²) in [7, 11) is 0. The van der Waals surface area contributed by atoms with Gasteiger partial charge in [0.25, 0.3) is 5.91 Å². The number of carbonyl (C=O) groups excluding carboxylic acids is 2. The minimum atomic E-state index is -0.861. The van der Waals surface area contributed by atoms with Gasteiger partial charge in [-0.25, -0.2) is 4.98 Å². The van der Waals surface area contributed by atoms with E-state index in [2.05, 4.69) is 15.4 Å². The molecular weight excluding hydrogens is 479 g/mol. The summed E-state index contributed by atoms with van der Waals surface area (Å²) >= 11 is 14.0. The van der Waals surface area contributed by atoms with E-state index in [-0.39, 0.29) is 11.8 Å². The Morgan fingerprint density at radius 1 is 0.879 bits per heavy atom. The molecule has 3 aromatic carbocycles. The van der Waals surface area contributed by atoms with E-state index in [1.165, 1.54) is 16.0 Å². The molecule has 2 heterocycles. The Hall–Kier alpha value is -3.26. The molecule has 1 N–H and O–H groups in total. The number of hydrogen-bond donors (Lipinski definition) is 1. The largest absolute Gasteiger partial charge is 0.300 e. The molecule has 0 saturated heterocycles. The van der Waals surface area contributed by atoms with Crippen LogP contribution in [0.4, 0.5) is 5.13 Å². The van der Waals surface area contributed by atoms with Gasteiger partial charge in [0, 0.05) is 5.39 Å². The highest BCUT2D eigenvalue weighted by molar-refractivity contribution is 7.23. The fourth-order valence-corrected chi connectivity index (χ4v) is 4.94. The molecule has 0 spiro atoms. The Labute approximate surface area is 202 Å². The normalized spacial score (nSPS) is 13.2. The van der Waals surface area contributed by atoms with E-state index in [4.69, 9.17) is 23.2 Å². The molecule has 1 amide bonds. The molecule has 5 aromatic rings. The van der Waals surface area contributed by atoms with Crippen molar-refractivity contribution in [2.75, 3.05) is 5.32 Å². The average molecular weight is 495 g/mol. The number of aromatic nitrogens is 3. The highest BCUT2D eigenvalue weighted by atomic mass is 35.5. The van der Waals surface area contributed by atoms with E-state index in [9.17, 15) is 9.59 Å². The van der Waals surface area contributed by atoms with Crippen LogP contribution in [-0.4, -0.2) is 26.6 Å². The predicted molar refractivity (Wildman–Crippen MR) is 132 cm³/mol. The summed E-state index contributed by atoms with van der Waals surface area (Å²) in [6.45, 7) is 0. The van der Waals surface area contributed by atoms with Crippen molar-refractivity contribution in [1.82, 2.24) is 14.8 Å². The Morgan fingerprint density at radius 2 is 1.52 bits per heavy atom. The minimum Gasteiger partial charge on any atom is -0.300 e. The zero-order valence-corrected chi connectivity index (χ0v) is 19.3. The molecule has 2 atom stereocenters. The number of thiazole rings is 1. The lowest BCUT2D eigenvalue weighted by Gasteiger charge is -2.09. The molecular formula is C24H16Cl2N4O2S. The highest BCUT2D eigenvalue weighted by Gasteiger charge is 2.23. The first kappa shape index (κ1) is 21.6. The molecule has 0 bridgehead atoms. The fourth-order valence-electron chi connectivity index (χ4n) is 3.53. The van der Waals surface area contributed by atoms with Crippen LogP contribution >= 0.6 is 34.5 Å². The van der Waals surface area contributed by atoms with Gasteiger partial charge < -0.3 is 5.32 Å². The molecule has 0 saturated carbocycles. The van der Waals surface area contributed by atoms with Crippen LogP contribution < -0.4 is 5.32 Å². The maximum absolute atomic E-state index is 13.0. The molecule has 0 aliphatic heterocycles. The standard InChI is InChI=1S/C24H16Cl2N4O2S/c25-19(14-7-3-1-4-8-14)22(31)29-24-28-17-11-12-18-16(21(17)33-24)13-27-30(18)23(32)20(26)15-9-5-2-6-10-15/h1-13,19-20H,(H,28,29,31). The van der Waals surface area contributed by atoms with E-state index >= 15 is 0 Å². The van der Waals surface area contributed by atoms with E-state index in [1.807, 2.05) is 36.4 Å². The third-order valence-electron chi connectivity index (χ3n) is 5.17. The first-order valence-corrected chi connectivity index (χ1v) is 11.7. The highest BCUT2D eigenvalue weighted by Crippen LogP contribution is 2.34. The maximum atomic E-state index is 13.0. The van der Waals surface area contributed by atoms with Crippen molar-refractivity contribution in [2.24, 2.45) is 0 Å². The maximum Gasteiger partial charge on any atom is 0.269 e. The van der Waals surface area contributed by atoms with Crippen molar-refractivity contribution in [1.29, 1.82) is 0 Å². The molecule has 2 aromatic heterocycles. The summed E-state index contributed by atoms with van der Waals surface area (Å²) in [5.41, 5.74) is 2.71. The van der Waals surface area contributed by atoms with Gasteiger partial charge in [-0.2, -0.15) is 9.78 Å². The second kappa shape index (κ2) is 8.94. The summed E-state index contributed by atoms with van der Waals surface area (Å²) in [6, 6.07) is 21.8. The Balaban J connectivity index is 1.43. The van der Waals surface area contributed by atoms with Gasteiger partial charge >= 0.3 is 0 Å². The first-order chi connectivity index (χ1) is 16.0. The van der Waals surface area contributed by atoms with Crippen molar-refractivity contribution in [3.8, 4) is 0 Å². The van der Waals surface area contributed by atoms with Crippen molar-refractivity contribution >= 4 is 72.6 Å². The summed E-state index contributed by atoms with van der Waals surface area (Å²) < 4.78 is 2.11. The van der Waals surface area contributed by atoms with Crippen LogP contribution in [0.5, 0.6) is 0 Å². The van der Waals surface area contributed by atoms with Gasteiger partial charge in [-0.1, -0.05) is 72.0 Å². The van der Waals surface area contributed by atoms with Crippen LogP contribution in [0.15, 0.2) is 79.0 Å². The zero-order chi connectivity index (χ0) is 22.9.